The van der Waals surface area contributed by atoms with Gasteiger partial charge >= 0.3 is 0 Å². The lowest BCUT2D eigenvalue weighted by Crippen LogP contribution is -2.30. The van der Waals surface area contributed by atoms with Crippen LogP contribution in [-0.4, -0.2) is 54.3 Å². The van der Waals surface area contributed by atoms with Gasteiger partial charge in [-0.3, -0.25) is 4.57 Å². The van der Waals surface area contributed by atoms with Gasteiger partial charge in [0, 0.05) is 0 Å². The highest BCUT2D eigenvalue weighted by atomic mass is 32.2. The van der Waals surface area contributed by atoms with Crippen molar-refractivity contribution in [2.24, 2.45) is 0 Å². The molecule has 0 saturated carbocycles. The van der Waals surface area contributed by atoms with Crippen molar-refractivity contribution >= 4 is 22.9 Å². The van der Waals surface area contributed by atoms with Crippen LogP contribution in [0.5, 0.6) is 0 Å². The zero-order chi connectivity index (χ0) is 13.6. The number of rotatable bonds is 2. The molecule has 1 saturated heterocycles. The maximum Gasteiger partial charge on any atom is 0.166 e. The summed E-state index contributed by atoms with van der Waals surface area (Å²) in [4.78, 5) is 12.6. The molecule has 1 aliphatic rings. The Bertz CT molecular complexity index is 605. The Kier molecular flexibility index (Phi) is 3.17. The topological polar surface area (TPSA) is 93.3 Å². The van der Waals surface area contributed by atoms with Crippen molar-refractivity contribution in [2.75, 3.05) is 6.26 Å². The highest BCUT2D eigenvalue weighted by Crippen LogP contribution is 2.32. The maximum absolute atomic E-state index is 10.0. The fraction of sp³-hybridized carbons (Fsp3) is 0.545. The fourth-order valence-electron chi connectivity index (χ4n) is 2.22. The smallest absolute Gasteiger partial charge is 0.166 e. The molecule has 0 bridgehead atoms. The number of aliphatic hydroxyl groups is 2. The van der Waals surface area contributed by atoms with Gasteiger partial charge < -0.3 is 14.9 Å². The van der Waals surface area contributed by atoms with E-state index in [1.54, 1.807) is 17.8 Å². The molecule has 7 nitrogen and oxygen atoms in total. The van der Waals surface area contributed by atoms with E-state index in [1.165, 1.54) is 18.1 Å². The normalized spacial score (nSPS) is 31.2. The first-order valence-electron chi connectivity index (χ1n) is 5.86. The first kappa shape index (κ1) is 12.8. The summed E-state index contributed by atoms with van der Waals surface area (Å²) in [6, 6.07) is 0. The molecule has 1 aliphatic heterocycles. The number of hydrogen-bond acceptors (Lipinski definition) is 7. The zero-order valence-corrected chi connectivity index (χ0v) is 11.3. The molecule has 102 valence electrons. The number of aromatic nitrogens is 4. The van der Waals surface area contributed by atoms with E-state index in [1.807, 2.05) is 6.26 Å². The Balaban J connectivity index is 2.07. The lowest BCUT2D eigenvalue weighted by Gasteiger charge is -2.16. The summed E-state index contributed by atoms with van der Waals surface area (Å²) in [6.45, 7) is 1.72. The van der Waals surface area contributed by atoms with E-state index >= 15 is 0 Å². The van der Waals surface area contributed by atoms with Crippen LogP contribution in [0, 0.1) is 0 Å². The molecule has 2 aromatic heterocycles. The standard InChI is InChI=1S/C11H14N4O3S/c1-5-7(16)8(17)11(18-5)15-4-14-6-9(15)12-3-13-10(6)19-2/h3-5,7-8,11,16-17H,1-2H3/t5-,7-,8-,11-/m1/s1. The minimum absolute atomic E-state index is 0.431. The number of hydrogen-bond donors (Lipinski definition) is 2. The average Bonchev–Trinajstić information content (AvgIpc) is 2.95. The van der Waals surface area contributed by atoms with E-state index in [-0.39, 0.29) is 0 Å². The molecule has 19 heavy (non-hydrogen) atoms. The average molecular weight is 282 g/mol. The number of imidazole rings is 1. The Morgan fingerprint density at radius 3 is 2.68 bits per heavy atom. The predicted octanol–water partition coefficient (Wildman–Crippen LogP) is 0.187. The molecule has 0 aromatic carbocycles. The third-order valence-electron chi connectivity index (χ3n) is 3.27. The lowest BCUT2D eigenvalue weighted by atomic mass is 10.1. The molecular formula is C11H14N4O3S. The highest BCUT2D eigenvalue weighted by molar-refractivity contribution is 7.98. The predicted molar refractivity (Wildman–Crippen MR) is 68.7 cm³/mol. The fourth-order valence-corrected chi connectivity index (χ4v) is 2.71. The van der Waals surface area contributed by atoms with E-state index in [9.17, 15) is 10.2 Å². The van der Waals surface area contributed by atoms with Gasteiger partial charge in [0.05, 0.1) is 12.4 Å². The van der Waals surface area contributed by atoms with Crippen LogP contribution in [0.4, 0.5) is 0 Å². The summed E-state index contributed by atoms with van der Waals surface area (Å²) in [5, 5.41) is 20.5. The van der Waals surface area contributed by atoms with E-state index in [4.69, 9.17) is 4.74 Å². The summed E-state index contributed by atoms with van der Waals surface area (Å²) in [6.07, 6.45) is 1.89. The summed E-state index contributed by atoms with van der Waals surface area (Å²) < 4.78 is 7.20. The largest absolute Gasteiger partial charge is 0.388 e. The Hall–Kier alpha value is -1.22. The van der Waals surface area contributed by atoms with Crippen LogP contribution < -0.4 is 0 Å². The molecule has 0 spiro atoms. The molecule has 4 atom stereocenters. The molecule has 0 unspecified atom stereocenters. The second kappa shape index (κ2) is 4.71. The van der Waals surface area contributed by atoms with Gasteiger partial charge in [-0.05, 0) is 13.2 Å². The summed E-state index contributed by atoms with van der Waals surface area (Å²) in [7, 11) is 0. The van der Waals surface area contributed by atoms with Crippen LogP contribution in [0.1, 0.15) is 13.2 Å². The van der Waals surface area contributed by atoms with Crippen molar-refractivity contribution in [3.05, 3.63) is 12.7 Å². The molecule has 0 amide bonds. The minimum Gasteiger partial charge on any atom is -0.388 e. The minimum atomic E-state index is -1.000. The van der Waals surface area contributed by atoms with Crippen LogP contribution in [0.15, 0.2) is 17.7 Å². The zero-order valence-electron chi connectivity index (χ0n) is 10.5. The highest BCUT2D eigenvalue weighted by Gasteiger charge is 2.42. The SMILES string of the molecule is CSc1ncnc2c1ncn2[C@@H]1O[C@H](C)[C@@H](O)[C@H]1O. The lowest BCUT2D eigenvalue weighted by molar-refractivity contribution is -0.0299. The van der Waals surface area contributed by atoms with E-state index in [0.29, 0.717) is 11.2 Å². The summed E-state index contributed by atoms with van der Waals surface area (Å²) in [5.41, 5.74) is 1.25. The molecule has 3 heterocycles. The van der Waals surface area contributed by atoms with Crippen molar-refractivity contribution in [1.82, 2.24) is 19.5 Å². The van der Waals surface area contributed by atoms with Crippen LogP contribution in [-0.2, 0) is 4.74 Å². The quantitative estimate of drug-likeness (QED) is 0.599. The number of nitrogens with zero attached hydrogens (tertiary/aromatic N) is 4. The number of thioether (sulfide) groups is 1. The van der Waals surface area contributed by atoms with Gasteiger partial charge in [-0.1, -0.05) is 0 Å². The van der Waals surface area contributed by atoms with Crippen molar-refractivity contribution in [3.63, 3.8) is 0 Å². The Labute approximate surface area is 113 Å². The molecule has 8 heteroatoms. The van der Waals surface area contributed by atoms with Crippen LogP contribution in [0.2, 0.25) is 0 Å². The summed E-state index contributed by atoms with van der Waals surface area (Å²) >= 11 is 1.48. The number of aliphatic hydroxyl groups excluding tert-OH is 2. The van der Waals surface area contributed by atoms with Gasteiger partial charge in [-0.2, -0.15) is 0 Å². The van der Waals surface area contributed by atoms with E-state index < -0.39 is 24.5 Å². The molecule has 0 radical (unpaired) electrons. The van der Waals surface area contributed by atoms with Gasteiger partial charge in [0.15, 0.2) is 11.9 Å². The molecule has 0 aliphatic carbocycles. The van der Waals surface area contributed by atoms with Crippen molar-refractivity contribution in [2.45, 2.75) is 36.5 Å². The van der Waals surface area contributed by atoms with Crippen LogP contribution in [0.3, 0.4) is 0 Å². The molecule has 3 rings (SSSR count). The first-order chi connectivity index (χ1) is 9.13. The van der Waals surface area contributed by atoms with Crippen LogP contribution in [0.25, 0.3) is 11.2 Å². The number of ether oxygens (including phenoxy) is 1. The van der Waals surface area contributed by atoms with Gasteiger partial charge in [0.2, 0.25) is 0 Å². The Morgan fingerprint density at radius 2 is 2.05 bits per heavy atom. The van der Waals surface area contributed by atoms with Gasteiger partial charge in [-0.25, -0.2) is 15.0 Å². The molecular weight excluding hydrogens is 268 g/mol. The summed E-state index contributed by atoms with van der Waals surface area (Å²) in [5.74, 6) is 0. The van der Waals surface area contributed by atoms with Gasteiger partial charge in [0.25, 0.3) is 0 Å². The molecule has 1 fully saturated rings. The van der Waals surface area contributed by atoms with Gasteiger partial charge in [-0.15, -0.1) is 11.8 Å². The maximum atomic E-state index is 10.0. The monoisotopic (exact) mass is 282 g/mol. The second-order valence-corrected chi connectivity index (χ2v) is 5.21. The third-order valence-corrected chi connectivity index (χ3v) is 3.96. The third kappa shape index (κ3) is 1.91. The second-order valence-electron chi connectivity index (χ2n) is 4.42. The number of fused-ring (bicyclic) bond motifs is 1. The first-order valence-corrected chi connectivity index (χ1v) is 7.09. The van der Waals surface area contributed by atoms with Crippen molar-refractivity contribution in [3.8, 4) is 0 Å². The van der Waals surface area contributed by atoms with E-state index in [0.717, 1.165) is 5.03 Å². The molecule has 2 N–H and O–H groups in total. The van der Waals surface area contributed by atoms with E-state index in [2.05, 4.69) is 15.0 Å². The van der Waals surface area contributed by atoms with Crippen molar-refractivity contribution in [1.29, 1.82) is 0 Å². The Morgan fingerprint density at radius 1 is 1.26 bits per heavy atom. The molecule has 2 aromatic rings. The van der Waals surface area contributed by atoms with Gasteiger partial charge in [0.1, 0.15) is 29.1 Å². The van der Waals surface area contributed by atoms with Crippen molar-refractivity contribution < 1.29 is 14.9 Å². The van der Waals surface area contributed by atoms with Crippen LogP contribution >= 0.6 is 11.8 Å².